The molecular weight excluding hydrogens is 845 g/mol. The number of quaternary nitrogens is 2. The summed E-state index contributed by atoms with van der Waals surface area (Å²) in [5.74, 6) is 1.37. The van der Waals surface area contributed by atoms with Gasteiger partial charge in [0.25, 0.3) is 0 Å². The van der Waals surface area contributed by atoms with Crippen molar-refractivity contribution in [2.45, 2.75) is 77.0 Å². The molecule has 0 aliphatic carbocycles. The molecule has 4 aromatic rings. The first-order valence-corrected chi connectivity index (χ1v) is 22.7. The fourth-order valence-electron chi connectivity index (χ4n) is 9.98. The van der Waals surface area contributed by atoms with Crippen LogP contribution in [0.3, 0.4) is 0 Å². The van der Waals surface area contributed by atoms with Crippen molar-refractivity contribution in [3.63, 3.8) is 0 Å². The van der Waals surface area contributed by atoms with Crippen LogP contribution in [0.1, 0.15) is 80.6 Å². The first-order valence-electron chi connectivity index (χ1n) is 22.7. The molecule has 0 fully saturated rings. The molecule has 4 aromatic carbocycles. The van der Waals surface area contributed by atoms with Gasteiger partial charge in [0.05, 0.1) is 108 Å². The summed E-state index contributed by atoms with van der Waals surface area (Å²) in [5.41, 5.74) is 9.55. The lowest BCUT2D eigenvalue weighted by Gasteiger charge is -2.46. The van der Waals surface area contributed by atoms with E-state index in [1.54, 1.807) is 28.4 Å². The van der Waals surface area contributed by atoms with Crippen molar-refractivity contribution in [2.75, 3.05) is 81.9 Å². The van der Waals surface area contributed by atoms with Crippen molar-refractivity contribution < 1.29 is 67.4 Å². The summed E-state index contributed by atoms with van der Waals surface area (Å²) < 4.78 is 34.8. The Bertz CT molecular complexity index is 2190. The number of hydrogen-bond donors (Lipinski definition) is 4. The zero-order chi connectivity index (χ0) is 47.4. The van der Waals surface area contributed by atoms with Gasteiger partial charge in [0.1, 0.15) is 23.6 Å². The van der Waals surface area contributed by atoms with Gasteiger partial charge in [-0.05, 0) is 69.8 Å². The lowest BCUT2D eigenvalue weighted by Crippen LogP contribution is -2.52. The van der Waals surface area contributed by atoms with Gasteiger partial charge in [-0.2, -0.15) is 0 Å². The Morgan fingerprint density at radius 3 is 1.55 bits per heavy atom. The Morgan fingerprint density at radius 2 is 1.02 bits per heavy atom. The zero-order valence-corrected chi connectivity index (χ0v) is 39.3. The van der Waals surface area contributed by atoms with E-state index < -0.39 is 11.9 Å². The molecule has 0 aromatic heterocycles. The standard InChI is InChI=1S/C52H68N2O12/c1-53(19-15-37-27-40(32-56)41(33-57)28-43(37)45(53)24-35-10-12-47(61-3)42(23-35)34-58)17-7-21-65-51(59)13-14-52(60)66-22-8-18-54(2)20-16-38-29-49(63-5)50(64-6)30-44(38)46(54)25-36-9-11-39(31-55)48(26-36)62-4/h9-14,23,26-30,45-46,55-58H,7-8,15-22,24-25,31-34H2,1-6H3/q+2/t45-,46-,53+,54+/m0/s1. The third-order valence-corrected chi connectivity index (χ3v) is 13.8. The highest BCUT2D eigenvalue weighted by Gasteiger charge is 2.41. The van der Waals surface area contributed by atoms with E-state index in [0.29, 0.717) is 75.3 Å². The maximum Gasteiger partial charge on any atom is 0.331 e. The quantitative estimate of drug-likeness (QED) is 0.0344. The minimum Gasteiger partial charge on any atom is -0.496 e. The monoisotopic (exact) mass is 912 g/mol. The average Bonchev–Trinajstić information content (AvgIpc) is 3.34. The number of rotatable bonds is 22. The lowest BCUT2D eigenvalue weighted by atomic mass is 9.84. The molecule has 0 spiro atoms. The van der Waals surface area contributed by atoms with E-state index in [9.17, 15) is 30.0 Å². The smallest absolute Gasteiger partial charge is 0.331 e. The fourth-order valence-corrected chi connectivity index (χ4v) is 9.98. The molecule has 0 saturated heterocycles. The Morgan fingerprint density at radius 1 is 0.545 bits per heavy atom. The van der Waals surface area contributed by atoms with Crippen LogP contribution in [0, 0.1) is 0 Å². The minimum absolute atomic E-state index is 0.0141. The highest BCUT2D eigenvalue weighted by atomic mass is 16.5. The Labute approximate surface area is 388 Å². The van der Waals surface area contributed by atoms with Crippen LogP contribution in [0.5, 0.6) is 23.0 Å². The molecule has 0 radical (unpaired) electrons. The normalized spacial score (nSPS) is 20.0. The third kappa shape index (κ3) is 11.5. The van der Waals surface area contributed by atoms with Gasteiger partial charge in [-0.3, -0.25) is 0 Å². The topological polar surface area (TPSA) is 170 Å². The summed E-state index contributed by atoms with van der Waals surface area (Å²) in [6.07, 6.45) is 6.36. The number of carbonyl (C=O) groups is 2. The van der Waals surface area contributed by atoms with E-state index in [-0.39, 0.29) is 51.7 Å². The van der Waals surface area contributed by atoms with Gasteiger partial charge in [-0.1, -0.05) is 24.3 Å². The summed E-state index contributed by atoms with van der Waals surface area (Å²) in [6.45, 7) is 2.82. The van der Waals surface area contributed by atoms with Crippen molar-refractivity contribution in [1.82, 2.24) is 0 Å². The molecule has 2 heterocycles. The van der Waals surface area contributed by atoms with Crippen molar-refractivity contribution >= 4 is 11.9 Å². The average molecular weight is 913 g/mol. The summed E-state index contributed by atoms with van der Waals surface area (Å²) in [4.78, 5) is 25.6. The number of aliphatic hydroxyl groups is 4. The van der Waals surface area contributed by atoms with Crippen LogP contribution in [-0.2, 0) is 71.2 Å². The molecular formula is C52H68N2O12+2. The minimum atomic E-state index is -0.627. The van der Waals surface area contributed by atoms with Crippen molar-refractivity contribution in [3.05, 3.63) is 128 Å². The Hall–Kier alpha value is -5.48. The van der Waals surface area contributed by atoms with E-state index in [2.05, 4.69) is 26.2 Å². The van der Waals surface area contributed by atoms with E-state index in [0.717, 1.165) is 78.0 Å². The highest BCUT2D eigenvalue weighted by molar-refractivity contribution is 5.91. The molecule has 4 N–H and O–H groups in total. The van der Waals surface area contributed by atoms with Crippen LogP contribution < -0.4 is 18.9 Å². The van der Waals surface area contributed by atoms with E-state index in [4.69, 9.17) is 28.4 Å². The fraction of sp³-hybridized carbons (Fsp3) is 0.462. The maximum absolute atomic E-state index is 12.8. The van der Waals surface area contributed by atoms with Crippen LogP contribution in [0.25, 0.3) is 0 Å². The van der Waals surface area contributed by atoms with Crippen LogP contribution in [0.2, 0.25) is 0 Å². The van der Waals surface area contributed by atoms with Crippen LogP contribution in [0.4, 0.5) is 0 Å². The number of methoxy groups -OCH3 is 4. The molecule has 14 heteroatoms. The lowest BCUT2D eigenvalue weighted by molar-refractivity contribution is -0.941. The first-order chi connectivity index (χ1) is 31.9. The second-order valence-electron chi connectivity index (χ2n) is 17.8. The number of nitrogens with zero attached hydrogens (tertiary/aromatic N) is 2. The van der Waals surface area contributed by atoms with Gasteiger partial charge in [0, 0.05) is 72.9 Å². The molecule has 0 bridgehead atoms. The van der Waals surface area contributed by atoms with Gasteiger partial charge in [0.15, 0.2) is 11.5 Å². The Kier molecular flexibility index (Phi) is 17.3. The molecule has 14 nitrogen and oxygen atoms in total. The molecule has 2 aliphatic heterocycles. The molecule has 0 amide bonds. The van der Waals surface area contributed by atoms with Crippen LogP contribution in [0.15, 0.2) is 72.8 Å². The number of fused-ring (bicyclic) bond motifs is 2. The molecule has 356 valence electrons. The number of ether oxygens (including phenoxy) is 6. The second kappa shape index (κ2) is 22.8. The zero-order valence-electron chi connectivity index (χ0n) is 39.3. The van der Waals surface area contributed by atoms with Crippen molar-refractivity contribution in [3.8, 4) is 23.0 Å². The van der Waals surface area contributed by atoms with Gasteiger partial charge in [-0.25, -0.2) is 9.59 Å². The number of esters is 2. The molecule has 2 aliphatic rings. The molecule has 0 unspecified atom stereocenters. The van der Waals surface area contributed by atoms with Crippen molar-refractivity contribution in [2.24, 2.45) is 0 Å². The predicted molar refractivity (Wildman–Crippen MR) is 248 cm³/mol. The Balaban J connectivity index is 1.04. The summed E-state index contributed by atoms with van der Waals surface area (Å²) in [5, 5.41) is 40.0. The summed E-state index contributed by atoms with van der Waals surface area (Å²) in [7, 11) is 10.9. The number of hydrogen-bond acceptors (Lipinski definition) is 12. The van der Waals surface area contributed by atoms with Gasteiger partial charge in [-0.15, -0.1) is 0 Å². The van der Waals surface area contributed by atoms with Gasteiger partial charge < -0.3 is 57.8 Å². The first kappa shape index (κ1) is 49.9. The second-order valence-corrected chi connectivity index (χ2v) is 17.8. The molecule has 66 heavy (non-hydrogen) atoms. The van der Waals surface area contributed by atoms with Crippen LogP contribution in [-0.4, -0.2) is 123 Å². The van der Waals surface area contributed by atoms with Crippen LogP contribution >= 0.6 is 0 Å². The third-order valence-electron chi connectivity index (χ3n) is 13.8. The predicted octanol–water partition coefficient (Wildman–Crippen LogP) is 5.39. The number of aliphatic hydroxyl groups excluding tert-OH is 4. The van der Waals surface area contributed by atoms with Gasteiger partial charge >= 0.3 is 11.9 Å². The van der Waals surface area contributed by atoms with E-state index in [1.165, 1.54) is 11.1 Å². The number of carbonyl (C=O) groups excluding carboxylic acids is 2. The van der Waals surface area contributed by atoms with E-state index in [1.807, 2.05) is 48.5 Å². The van der Waals surface area contributed by atoms with E-state index >= 15 is 0 Å². The van der Waals surface area contributed by atoms with Gasteiger partial charge in [0.2, 0.25) is 0 Å². The SMILES string of the molecule is COc1ccc(C[C@H]2c3cc(CO)c(CO)cc3CC[N@@+]2(C)CCCOC(=O)C=CC(=O)OCCC[N@+]2(C)CCc3cc(OC)c(OC)cc3[C@@H]2Cc2ccc(CO)c(OC)c2)cc1CO. The van der Waals surface area contributed by atoms with Crippen molar-refractivity contribution in [1.29, 1.82) is 0 Å². The largest absolute Gasteiger partial charge is 0.496 e. The molecule has 0 saturated carbocycles. The highest BCUT2D eigenvalue weighted by Crippen LogP contribution is 2.43. The number of likely N-dealkylation sites (N-methyl/N-ethyl adjacent to an activating group) is 2. The molecule has 6 rings (SSSR count). The molecule has 4 atom stereocenters. The summed E-state index contributed by atoms with van der Waals surface area (Å²) in [6, 6.07) is 19.9. The summed E-state index contributed by atoms with van der Waals surface area (Å²) >= 11 is 0. The maximum atomic E-state index is 12.8. The number of benzene rings is 4.